The molecule has 32 heavy (non-hydrogen) atoms. The van der Waals surface area contributed by atoms with Crippen molar-refractivity contribution < 1.29 is 9.59 Å². The highest BCUT2D eigenvalue weighted by molar-refractivity contribution is 6.46. The number of imide groups is 1. The van der Waals surface area contributed by atoms with Gasteiger partial charge in [-0.2, -0.15) is 0 Å². The lowest BCUT2D eigenvalue weighted by Crippen LogP contribution is -2.32. The number of hydrogen-bond acceptors (Lipinski definition) is 4. The fourth-order valence-electron chi connectivity index (χ4n) is 4.00. The minimum atomic E-state index is -0.354. The lowest BCUT2D eigenvalue weighted by Gasteiger charge is -2.22. The van der Waals surface area contributed by atoms with Crippen LogP contribution in [0.1, 0.15) is 25.0 Å². The highest BCUT2D eigenvalue weighted by atomic mass is 16.2. The van der Waals surface area contributed by atoms with Gasteiger partial charge in [-0.15, -0.1) is 0 Å². The van der Waals surface area contributed by atoms with E-state index in [9.17, 15) is 9.59 Å². The van der Waals surface area contributed by atoms with E-state index in [1.807, 2.05) is 85.8 Å². The first kappa shape index (κ1) is 21.4. The van der Waals surface area contributed by atoms with Crippen LogP contribution in [0, 0.1) is 6.92 Å². The van der Waals surface area contributed by atoms with E-state index in [0.717, 1.165) is 30.0 Å². The van der Waals surface area contributed by atoms with Crippen LogP contribution in [0.15, 0.2) is 84.6 Å². The lowest BCUT2D eigenvalue weighted by atomic mass is 10.0. The Kier molecular flexibility index (Phi) is 6.08. The van der Waals surface area contributed by atoms with Crippen molar-refractivity contribution in [2.45, 2.75) is 20.8 Å². The second-order valence-electron chi connectivity index (χ2n) is 7.69. The van der Waals surface area contributed by atoms with E-state index in [1.165, 1.54) is 4.90 Å². The number of nitrogens with one attached hydrogen (secondary N) is 1. The highest BCUT2D eigenvalue weighted by Crippen LogP contribution is 2.34. The second kappa shape index (κ2) is 9.10. The first-order valence-electron chi connectivity index (χ1n) is 10.9. The van der Waals surface area contributed by atoms with Crippen LogP contribution in [0.25, 0.3) is 5.57 Å². The van der Waals surface area contributed by atoms with Crippen molar-refractivity contribution in [3.05, 3.63) is 95.7 Å². The Morgan fingerprint density at radius 2 is 1.41 bits per heavy atom. The van der Waals surface area contributed by atoms with Gasteiger partial charge in [-0.05, 0) is 62.2 Å². The number of nitrogens with zero attached hydrogens (tertiary/aromatic N) is 2. The smallest absolute Gasteiger partial charge is 0.282 e. The number of amides is 2. The summed E-state index contributed by atoms with van der Waals surface area (Å²) in [5, 5.41) is 3.24. The molecular weight excluding hydrogens is 398 g/mol. The maximum atomic E-state index is 13.5. The number of anilines is 3. The standard InChI is InChI=1S/C27H27N3O2/c1-4-29(5-2)21-15-17-22(18-16-21)30-26(31)24(20-12-7-6-8-13-20)25(27(30)32)28-23-14-10-9-11-19(23)3/h6-18,28H,4-5H2,1-3H3. The van der Waals surface area contributed by atoms with E-state index in [-0.39, 0.29) is 11.8 Å². The number of aryl methyl sites for hydroxylation is 1. The Hall–Kier alpha value is -3.86. The van der Waals surface area contributed by atoms with E-state index in [1.54, 1.807) is 0 Å². The largest absolute Gasteiger partial charge is 0.372 e. The number of carbonyl (C=O) groups excluding carboxylic acids is 2. The molecule has 0 saturated heterocycles. The van der Waals surface area contributed by atoms with E-state index in [2.05, 4.69) is 24.1 Å². The predicted molar refractivity (Wildman–Crippen MR) is 131 cm³/mol. The minimum absolute atomic E-state index is 0.295. The Labute approximate surface area is 189 Å². The molecule has 3 aromatic carbocycles. The van der Waals surface area contributed by atoms with E-state index in [0.29, 0.717) is 22.5 Å². The SMILES string of the molecule is CCN(CC)c1ccc(N2C(=O)C(Nc3ccccc3C)=C(c3ccccc3)C2=O)cc1. The molecule has 0 unspecified atom stereocenters. The number of hydrogen-bond donors (Lipinski definition) is 1. The monoisotopic (exact) mass is 425 g/mol. The molecule has 0 saturated carbocycles. The van der Waals surface area contributed by atoms with Gasteiger partial charge >= 0.3 is 0 Å². The fraction of sp³-hybridized carbons (Fsp3) is 0.185. The third-order valence-electron chi connectivity index (χ3n) is 5.79. The predicted octanol–water partition coefficient (Wildman–Crippen LogP) is 5.24. The van der Waals surface area contributed by atoms with Crippen LogP contribution >= 0.6 is 0 Å². The molecule has 0 atom stereocenters. The highest BCUT2D eigenvalue weighted by Gasteiger charge is 2.40. The van der Waals surface area contributed by atoms with Gasteiger partial charge in [-0.3, -0.25) is 9.59 Å². The molecule has 0 radical (unpaired) electrons. The first-order chi connectivity index (χ1) is 15.5. The van der Waals surface area contributed by atoms with Gasteiger partial charge in [0.25, 0.3) is 11.8 Å². The van der Waals surface area contributed by atoms with Crippen molar-refractivity contribution in [3.63, 3.8) is 0 Å². The second-order valence-corrected chi connectivity index (χ2v) is 7.69. The normalized spacial score (nSPS) is 13.7. The van der Waals surface area contributed by atoms with Gasteiger partial charge in [0.1, 0.15) is 5.70 Å². The van der Waals surface area contributed by atoms with Crippen LogP contribution in [0.4, 0.5) is 17.1 Å². The van der Waals surface area contributed by atoms with Crippen LogP contribution in [-0.2, 0) is 9.59 Å². The van der Waals surface area contributed by atoms with Gasteiger partial charge in [0.05, 0.1) is 11.3 Å². The molecule has 4 rings (SSSR count). The summed E-state index contributed by atoms with van der Waals surface area (Å²) >= 11 is 0. The Morgan fingerprint density at radius 1 is 0.781 bits per heavy atom. The third-order valence-corrected chi connectivity index (χ3v) is 5.79. The average Bonchev–Trinajstić information content (AvgIpc) is 3.06. The van der Waals surface area contributed by atoms with E-state index in [4.69, 9.17) is 0 Å². The number of para-hydroxylation sites is 1. The maximum absolute atomic E-state index is 13.5. The Balaban J connectivity index is 1.75. The molecule has 1 heterocycles. The molecule has 0 spiro atoms. The number of benzene rings is 3. The van der Waals surface area contributed by atoms with Gasteiger partial charge in [0.2, 0.25) is 0 Å². The maximum Gasteiger partial charge on any atom is 0.282 e. The summed E-state index contributed by atoms with van der Waals surface area (Å²) in [5.41, 5.74) is 4.81. The molecule has 0 aliphatic carbocycles. The van der Waals surface area contributed by atoms with Gasteiger partial charge in [0.15, 0.2) is 0 Å². The topological polar surface area (TPSA) is 52.6 Å². The molecule has 5 heteroatoms. The van der Waals surface area contributed by atoms with Crippen LogP contribution in [0.3, 0.4) is 0 Å². The van der Waals surface area contributed by atoms with Crippen LogP contribution in [0.2, 0.25) is 0 Å². The van der Waals surface area contributed by atoms with Crippen LogP contribution in [0.5, 0.6) is 0 Å². The zero-order valence-corrected chi connectivity index (χ0v) is 18.6. The molecular formula is C27H27N3O2. The molecule has 0 fully saturated rings. The molecule has 162 valence electrons. The summed E-state index contributed by atoms with van der Waals surface area (Å²) in [6, 6.07) is 24.6. The fourth-order valence-corrected chi connectivity index (χ4v) is 4.00. The summed E-state index contributed by atoms with van der Waals surface area (Å²) in [7, 11) is 0. The summed E-state index contributed by atoms with van der Waals surface area (Å²) < 4.78 is 0. The minimum Gasteiger partial charge on any atom is -0.372 e. The van der Waals surface area contributed by atoms with Gasteiger partial charge in [0, 0.05) is 24.5 Å². The number of carbonyl (C=O) groups is 2. The average molecular weight is 426 g/mol. The summed E-state index contributed by atoms with van der Waals surface area (Å²) in [6.45, 7) is 7.95. The Morgan fingerprint density at radius 3 is 2.03 bits per heavy atom. The van der Waals surface area contributed by atoms with Gasteiger partial charge < -0.3 is 10.2 Å². The lowest BCUT2D eigenvalue weighted by molar-refractivity contribution is -0.120. The molecule has 0 aromatic heterocycles. The first-order valence-corrected chi connectivity index (χ1v) is 10.9. The molecule has 5 nitrogen and oxygen atoms in total. The van der Waals surface area contributed by atoms with Gasteiger partial charge in [-0.25, -0.2) is 4.90 Å². The molecule has 1 aliphatic rings. The molecule has 1 aliphatic heterocycles. The molecule has 2 amide bonds. The van der Waals surface area contributed by atoms with Crippen molar-refractivity contribution in [2.24, 2.45) is 0 Å². The van der Waals surface area contributed by atoms with E-state index >= 15 is 0 Å². The Bertz CT molecular complexity index is 1160. The van der Waals surface area contributed by atoms with Gasteiger partial charge in [-0.1, -0.05) is 48.5 Å². The molecule has 1 N–H and O–H groups in total. The quantitative estimate of drug-likeness (QED) is 0.526. The third kappa shape index (κ3) is 3.89. The van der Waals surface area contributed by atoms with Crippen LogP contribution < -0.4 is 15.1 Å². The number of rotatable bonds is 7. The van der Waals surface area contributed by atoms with Crippen molar-refractivity contribution >= 4 is 34.4 Å². The zero-order chi connectivity index (χ0) is 22.7. The van der Waals surface area contributed by atoms with Crippen molar-refractivity contribution in [3.8, 4) is 0 Å². The summed E-state index contributed by atoms with van der Waals surface area (Å²) in [6.07, 6.45) is 0. The summed E-state index contributed by atoms with van der Waals surface area (Å²) in [4.78, 5) is 30.5. The van der Waals surface area contributed by atoms with Crippen molar-refractivity contribution in [2.75, 3.05) is 28.2 Å². The molecule has 3 aromatic rings. The van der Waals surface area contributed by atoms with Crippen LogP contribution in [-0.4, -0.2) is 24.9 Å². The summed E-state index contributed by atoms with van der Waals surface area (Å²) in [5.74, 6) is -0.680. The van der Waals surface area contributed by atoms with Crippen molar-refractivity contribution in [1.29, 1.82) is 0 Å². The van der Waals surface area contributed by atoms with E-state index < -0.39 is 0 Å². The molecule has 0 bridgehead atoms. The van der Waals surface area contributed by atoms with Crippen molar-refractivity contribution in [1.82, 2.24) is 0 Å². The zero-order valence-electron chi connectivity index (χ0n) is 18.6.